The molecular weight excluding hydrogens is 364 g/mol. The van der Waals surface area contributed by atoms with E-state index < -0.39 is 11.0 Å². The van der Waals surface area contributed by atoms with Crippen molar-refractivity contribution in [2.24, 2.45) is 0 Å². The minimum Gasteiger partial charge on any atom is -0.504 e. The molecule has 3 N–H and O–H groups in total. The van der Waals surface area contributed by atoms with Crippen LogP contribution >= 0.6 is 0 Å². The first-order valence-corrected chi connectivity index (χ1v) is 10.4. The molecule has 2 bridgehead atoms. The summed E-state index contributed by atoms with van der Waals surface area (Å²) in [5.74, 6) is 0.686. The van der Waals surface area contributed by atoms with Gasteiger partial charge >= 0.3 is 0 Å². The Balaban J connectivity index is 1.66. The van der Waals surface area contributed by atoms with Crippen LogP contribution in [0.15, 0.2) is 36.4 Å². The zero-order chi connectivity index (χ0) is 20.0. The highest BCUT2D eigenvalue weighted by atomic mass is 16.5. The van der Waals surface area contributed by atoms with Crippen LogP contribution in [-0.2, 0) is 24.7 Å². The van der Waals surface area contributed by atoms with Gasteiger partial charge in [0.1, 0.15) is 0 Å². The summed E-state index contributed by atoms with van der Waals surface area (Å²) in [4.78, 5) is 5.92. The number of nitrogens with one attached hydrogen (secondary N) is 1. The number of para-hydroxylation sites is 1. The fraction of sp³-hybridized carbons (Fsp3) is 0.417. The molecule has 1 fully saturated rings. The molecule has 6 rings (SSSR count). The summed E-state index contributed by atoms with van der Waals surface area (Å²) >= 11 is 0. The normalized spacial score (nSPS) is 30.5. The number of hydrogen-bond acceptors (Lipinski definition) is 4. The van der Waals surface area contributed by atoms with Gasteiger partial charge in [-0.05, 0) is 49.7 Å². The van der Waals surface area contributed by atoms with E-state index in [9.17, 15) is 10.2 Å². The first-order chi connectivity index (χ1) is 14.0. The molecule has 1 aromatic heterocycles. The average molecular weight is 390 g/mol. The summed E-state index contributed by atoms with van der Waals surface area (Å²) in [7, 11) is 3.70. The van der Waals surface area contributed by atoms with Crippen molar-refractivity contribution in [1.29, 1.82) is 0 Å². The SMILES string of the molecule is COc1ccc2c(c1O)[C@]13CCN(C)[C@@H](C2)[C@]1(O)Cc1c([nH]c2ccccc12)C3. The molecule has 2 aromatic carbocycles. The van der Waals surface area contributed by atoms with Gasteiger partial charge in [-0.15, -0.1) is 0 Å². The largest absolute Gasteiger partial charge is 0.504 e. The number of likely N-dealkylation sites (N-methyl/N-ethyl adjacent to an activating group) is 1. The molecule has 5 nitrogen and oxygen atoms in total. The lowest BCUT2D eigenvalue weighted by molar-refractivity contribution is -0.145. The monoisotopic (exact) mass is 390 g/mol. The topological polar surface area (TPSA) is 68.7 Å². The number of likely N-dealkylation sites (tertiary alicyclic amines) is 1. The van der Waals surface area contributed by atoms with Gasteiger partial charge in [0, 0.05) is 46.5 Å². The zero-order valence-electron chi connectivity index (χ0n) is 16.8. The fourth-order valence-electron chi connectivity index (χ4n) is 6.58. The third-order valence-electron chi connectivity index (χ3n) is 7.97. The van der Waals surface area contributed by atoms with Crippen LogP contribution in [0.1, 0.15) is 28.8 Å². The van der Waals surface area contributed by atoms with Crippen molar-refractivity contribution >= 4 is 10.9 Å². The number of aromatic amines is 1. The van der Waals surface area contributed by atoms with Gasteiger partial charge in [-0.1, -0.05) is 24.3 Å². The summed E-state index contributed by atoms with van der Waals surface area (Å²) in [6.07, 6.45) is 2.83. The average Bonchev–Trinajstić information content (AvgIpc) is 3.05. The fourth-order valence-corrected chi connectivity index (χ4v) is 6.58. The number of H-pyrrole nitrogens is 1. The molecule has 3 aromatic rings. The Bertz CT molecular complexity index is 1150. The third kappa shape index (κ3) is 1.97. The lowest BCUT2D eigenvalue weighted by atomic mass is 9.49. The van der Waals surface area contributed by atoms with Crippen molar-refractivity contribution in [2.75, 3.05) is 20.7 Å². The van der Waals surface area contributed by atoms with Gasteiger partial charge in [0.25, 0.3) is 0 Å². The molecule has 0 spiro atoms. The maximum Gasteiger partial charge on any atom is 0.161 e. The van der Waals surface area contributed by atoms with Gasteiger partial charge in [0.15, 0.2) is 11.5 Å². The number of aromatic nitrogens is 1. The first kappa shape index (κ1) is 17.4. The molecule has 0 unspecified atom stereocenters. The van der Waals surface area contributed by atoms with Gasteiger partial charge in [-0.3, -0.25) is 0 Å². The number of rotatable bonds is 1. The predicted molar refractivity (Wildman–Crippen MR) is 112 cm³/mol. The van der Waals surface area contributed by atoms with E-state index >= 15 is 0 Å². The molecule has 150 valence electrons. The second kappa shape index (κ2) is 5.55. The van der Waals surface area contributed by atoms with E-state index in [0.717, 1.165) is 36.0 Å². The molecule has 0 saturated carbocycles. The van der Waals surface area contributed by atoms with Gasteiger partial charge in [-0.25, -0.2) is 0 Å². The second-order valence-corrected chi connectivity index (χ2v) is 9.09. The van der Waals surface area contributed by atoms with E-state index in [4.69, 9.17) is 4.74 Å². The molecule has 2 heterocycles. The van der Waals surface area contributed by atoms with Gasteiger partial charge < -0.3 is 24.8 Å². The van der Waals surface area contributed by atoms with Crippen molar-refractivity contribution in [3.8, 4) is 11.5 Å². The van der Waals surface area contributed by atoms with Crippen LogP contribution < -0.4 is 4.74 Å². The highest BCUT2D eigenvalue weighted by Crippen LogP contribution is 2.60. The Hall–Kier alpha value is -2.50. The van der Waals surface area contributed by atoms with Crippen molar-refractivity contribution in [1.82, 2.24) is 9.88 Å². The summed E-state index contributed by atoms with van der Waals surface area (Å²) in [5.41, 5.74) is 4.10. The number of aromatic hydroxyl groups is 1. The first-order valence-electron chi connectivity index (χ1n) is 10.4. The van der Waals surface area contributed by atoms with Crippen molar-refractivity contribution in [3.63, 3.8) is 0 Å². The highest BCUT2D eigenvalue weighted by Gasteiger charge is 2.65. The van der Waals surface area contributed by atoms with E-state index in [1.165, 1.54) is 16.6 Å². The second-order valence-electron chi connectivity index (χ2n) is 9.09. The van der Waals surface area contributed by atoms with E-state index in [1.807, 2.05) is 12.1 Å². The van der Waals surface area contributed by atoms with Crippen LogP contribution in [0.2, 0.25) is 0 Å². The van der Waals surface area contributed by atoms with E-state index in [0.29, 0.717) is 18.6 Å². The Kier molecular flexibility index (Phi) is 3.33. The summed E-state index contributed by atoms with van der Waals surface area (Å²) < 4.78 is 5.45. The van der Waals surface area contributed by atoms with Crippen LogP contribution in [0.25, 0.3) is 10.9 Å². The Morgan fingerprint density at radius 1 is 1.17 bits per heavy atom. The Labute approximate surface area is 169 Å². The van der Waals surface area contributed by atoms with Crippen LogP contribution in [-0.4, -0.2) is 52.4 Å². The molecule has 3 aliphatic rings. The van der Waals surface area contributed by atoms with Gasteiger partial charge in [0.05, 0.1) is 12.7 Å². The molecular formula is C24H26N2O3. The zero-order valence-corrected chi connectivity index (χ0v) is 16.8. The van der Waals surface area contributed by atoms with Crippen LogP contribution in [0, 0.1) is 0 Å². The molecule has 2 aliphatic carbocycles. The summed E-state index contributed by atoms with van der Waals surface area (Å²) in [6.45, 7) is 0.901. The van der Waals surface area contributed by atoms with E-state index in [2.05, 4.69) is 41.2 Å². The molecule has 1 saturated heterocycles. The number of methoxy groups -OCH3 is 1. The van der Waals surface area contributed by atoms with Crippen molar-refractivity contribution < 1.29 is 14.9 Å². The van der Waals surface area contributed by atoms with Gasteiger partial charge in [-0.2, -0.15) is 0 Å². The van der Waals surface area contributed by atoms with Crippen LogP contribution in [0.4, 0.5) is 0 Å². The minimum atomic E-state index is -0.936. The molecule has 3 atom stereocenters. The molecule has 0 amide bonds. The lowest BCUT2D eigenvalue weighted by Gasteiger charge is -2.63. The number of ether oxygens (including phenoxy) is 1. The Morgan fingerprint density at radius 2 is 2.00 bits per heavy atom. The van der Waals surface area contributed by atoms with Gasteiger partial charge in [0.2, 0.25) is 0 Å². The third-order valence-corrected chi connectivity index (χ3v) is 7.97. The molecule has 5 heteroatoms. The lowest BCUT2D eigenvalue weighted by Crippen LogP contribution is -2.73. The number of aliphatic hydroxyl groups is 1. The Morgan fingerprint density at radius 3 is 2.83 bits per heavy atom. The molecule has 1 aliphatic heterocycles. The number of phenols is 1. The summed E-state index contributed by atoms with van der Waals surface area (Å²) in [5, 5.41) is 24.8. The number of benzene rings is 2. The van der Waals surface area contributed by atoms with Crippen molar-refractivity contribution in [3.05, 3.63) is 58.8 Å². The minimum absolute atomic E-state index is 0.0263. The predicted octanol–water partition coefficient (Wildman–Crippen LogP) is 2.91. The van der Waals surface area contributed by atoms with E-state index in [-0.39, 0.29) is 11.8 Å². The highest BCUT2D eigenvalue weighted by molar-refractivity contribution is 5.85. The molecule has 0 radical (unpaired) electrons. The van der Waals surface area contributed by atoms with E-state index in [1.54, 1.807) is 7.11 Å². The maximum absolute atomic E-state index is 12.4. The quantitative estimate of drug-likeness (QED) is 0.598. The van der Waals surface area contributed by atoms with Crippen LogP contribution in [0.5, 0.6) is 11.5 Å². The number of fused-ring (bicyclic) bond motifs is 4. The molecule has 29 heavy (non-hydrogen) atoms. The number of phenolic OH excluding ortho intramolecular Hbond substituents is 1. The number of hydrogen-bond donors (Lipinski definition) is 3. The van der Waals surface area contributed by atoms with Crippen molar-refractivity contribution in [2.45, 2.75) is 42.7 Å². The summed E-state index contributed by atoms with van der Waals surface area (Å²) in [6, 6.07) is 12.3. The maximum atomic E-state index is 12.4. The number of piperidine rings is 1. The number of nitrogens with zero attached hydrogens (tertiary/aromatic N) is 1. The smallest absolute Gasteiger partial charge is 0.161 e. The van der Waals surface area contributed by atoms with Crippen LogP contribution in [0.3, 0.4) is 0 Å². The standard InChI is InChI=1S/C24H26N2O3/c1-26-10-9-23-13-18-16(15-5-3-4-6-17(15)25-18)12-24(23,28)20(26)11-14-7-8-19(29-2)22(27)21(14)23/h3-8,20,25,27-28H,9-13H2,1-2H3/t20-,23+,24+/m0/s1.